The number of sulfonamides is 1. The van der Waals surface area contributed by atoms with Crippen molar-refractivity contribution >= 4 is 19.9 Å². The molecular formula is C18H35NO4S2. The molecule has 0 aromatic rings. The predicted octanol–water partition coefficient (Wildman–Crippen LogP) is 3.26. The average Bonchev–Trinajstić information content (AvgIpc) is 3.19. The number of hydrogen-bond acceptors (Lipinski definition) is 4. The Labute approximate surface area is 154 Å². The van der Waals surface area contributed by atoms with Gasteiger partial charge >= 0.3 is 0 Å². The molecule has 0 heterocycles. The lowest BCUT2D eigenvalue weighted by atomic mass is 9.78. The maximum Gasteiger partial charge on any atom is 0.217 e. The molecule has 7 heteroatoms. The van der Waals surface area contributed by atoms with Gasteiger partial charge in [0, 0.05) is 6.04 Å². The van der Waals surface area contributed by atoms with Crippen LogP contribution in [0.25, 0.3) is 0 Å². The molecule has 1 N–H and O–H groups in total. The number of nitrogens with one attached hydrogen (secondary N) is 1. The van der Waals surface area contributed by atoms with Gasteiger partial charge in [-0.25, -0.2) is 21.6 Å². The molecule has 0 amide bonds. The summed E-state index contributed by atoms with van der Waals surface area (Å²) in [5.41, 5.74) is 0. The first kappa shape index (κ1) is 21.2. The monoisotopic (exact) mass is 393 g/mol. The van der Waals surface area contributed by atoms with E-state index in [0.717, 1.165) is 38.5 Å². The Kier molecular flexibility index (Phi) is 6.02. The minimum Gasteiger partial charge on any atom is -0.228 e. The molecule has 2 unspecified atom stereocenters. The van der Waals surface area contributed by atoms with Gasteiger partial charge in [0.1, 0.15) is 0 Å². The van der Waals surface area contributed by atoms with Crippen molar-refractivity contribution in [3.8, 4) is 0 Å². The average molecular weight is 394 g/mol. The molecule has 2 atom stereocenters. The van der Waals surface area contributed by atoms with Crippen LogP contribution in [0.5, 0.6) is 0 Å². The molecule has 148 valence electrons. The van der Waals surface area contributed by atoms with Gasteiger partial charge in [-0.15, -0.1) is 0 Å². The lowest BCUT2D eigenvalue weighted by Crippen LogP contribution is -2.44. The number of rotatable bonds is 7. The Morgan fingerprint density at radius 2 is 1.44 bits per heavy atom. The van der Waals surface area contributed by atoms with Crippen molar-refractivity contribution < 1.29 is 16.8 Å². The smallest absolute Gasteiger partial charge is 0.217 e. The first-order chi connectivity index (χ1) is 11.2. The molecule has 2 aliphatic carbocycles. The maximum atomic E-state index is 12.6. The van der Waals surface area contributed by atoms with Crippen molar-refractivity contribution in [1.29, 1.82) is 0 Å². The third kappa shape index (κ3) is 5.42. The highest BCUT2D eigenvalue weighted by Gasteiger charge is 2.41. The van der Waals surface area contributed by atoms with Gasteiger partial charge in [-0.05, 0) is 78.6 Å². The normalized spacial score (nSPS) is 26.6. The summed E-state index contributed by atoms with van der Waals surface area (Å²) in [4.78, 5) is 0. The highest BCUT2D eigenvalue weighted by molar-refractivity contribution is 7.92. The van der Waals surface area contributed by atoms with Gasteiger partial charge in [-0.2, -0.15) is 0 Å². The standard InChI is InChI=1S/C18H35NO4S2/c1-17(2,3)24(20,21)13-15-8-6-7-14(11-15)12-18(4,5)25(22,23)19-16-9-10-16/h14-16,19H,6-13H2,1-5H3. The Balaban J connectivity index is 1.99. The first-order valence-corrected chi connectivity index (χ1v) is 12.6. The molecule has 5 nitrogen and oxygen atoms in total. The van der Waals surface area contributed by atoms with Gasteiger partial charge in [0.25, 0.3) is 0 Å². The lowest BCUT2D eigenvalue weighted by Gasteiger charge is -2.35. The van der Waals surface area contributed by atoms with E-state index in [4.69, 9.17) is 0 Å². The zero-order valence-corrected chi connectivity index (χ0v) is 18.0. The largest absolute Gasteiger partial charge is 0.228 e. The van der Waals surface area contributed by atoms with Crippen molar-refractivity contribution in [2.24, 2.45) is 11.8 Å². The molecule has 2 aliphatic rings. The van der Waals surface area contributed by atoms with E-state index in [1.54, 1.807) is 34.6 Å². The molecular weight excluding hydrogens is 358 g/mol. The molecule has 2 fully saturated rings. The lowest BCUT2D eigenvalue weighted by molar-refractivity contribution is 0.253. The minimum absolute atomic E-state index is 0.125. The molecule has 0 bridgehead atoms. The highest BCUT2D eigenvalue weighted by atomic mass is 32.2. The predicted molar refractivity (Wildman–Crippen MR) is 103 cm³/mol. The molecule has 0 radical (unpaired) electrons. The van der Waals surface area contributed by atoms with Gasteiger partial charge in [-0.3, -0.25) is 0 Å². The third-order valence-electron chi connectivity index (χ3n) is 5.69. The van der Waals surface area contributed by atoms with Crippen molar-refractivity contribution in [3.05, 3.63) is 0 Å². The molecule has 2 saturated carbocycles. The summed E-state index contributed by atoms with van der Waals surface area (Å²) in [6, 6.07) is 0.125. The van der Waals surface area contributed by atoms with Gasteiger partial charge < -0.3 is 0 Å². The number of hydrogen-bond donors (Lipinski definition) is 1. The van der Waals surface area contributed by atoms with E-state index < -0.39 is 29.4 Å². The van der Waals surface area contributed by atoms with E-state index in [0.29, 0.717) is 6.42 Å². The van der Waals surface area contributed by atoms with Crippen LogP contribution in [-0.4, -0.2) is 38.1 Å². The molecule has 25 heavy (non-hydrogen) atoms. The first-order valence-electron chi connectivity index (χ1n) is 9.48. The number of sulfone groups is 1. The van der Waals surface area contributed by atoms with Crippen LogP contribution in [-0.2, 0) is 19.9 Å². The topological polar surface area (TPSA) is 80.3 Å². The minimum atomic E-state index is -3.34. The fourth-order valence-electron chi connectivity index (χ4n) is 3.68. The SMILES string of the molecule is CC(C)(C)S(=O)(=O)CC1CCCC(CC(C)(C)S(=O)(=O)NC2CC2)C1. The maximum absolute atomic E-state index is 12.6. The Morgan fingerprint density at radius 3 is 1.96 bits per heavy atom. The summed E-state index contributed by atoms with van der Waals surface area (Å²) in [5.74, 6) is 0.651. The Bertz CT molecular complexity index is 670. The summed E-state index contributed by atoms with van der Waals surface area (Å²) in [5, 5.41) is 0. The summed E-state index contributed by atoms with van der Waals surface area (Å²) >= 11 is 0. The van der Waals surface area contributed by atoms with Crippen molar-refractivity contribution in [2.75, 3.05) is 5.75 Å². The van der Waals surface area contributed by atoms with Crippen LogP contribution >= 0.6 is 0 Å². The van der Waals surface area contributed by atoms with Crippen molar-refractivity contribution in [2.45, 2.75) is 95.1 Å². The molecule has 0 aliphatic heterocycles. The van der Waals surface area contributed by atoms with Gasteiger partial charge in [0.2, 0.25) is 10.0 Å². The fourth-order valence-corrected chi connectivity index (χ4v) is 6.56. The van der Waals surface area contributed by atoms with E-state index in [1.165, 1.54) is 0 Å². The van der Waals surface area contributed by atoms with E-state index >= 15 is 0 Å². The third-order valence-corrected chi connectivity index (χ3v) is 10.7. The zero-order valence-electron chi connectivity index (χ0n) is 16.3. The van der Waals surface area contributed by atoms with Crippen LogP contribution in [0, 0.1) is 11.8 Å². The summed E-state index contributed by atoms with van der Waals surface area (Å²) in [7, 11) is -6.47. The van der Waals surface area contributed by atoms with Crippen LogP contribution in [0.1, 0.15) is 79.6 Å². The Hall–Kier alpha value is -0.140. The van der Waals surface area contributed by atoms with Crippen LogP contribution in [0.15, 0.2) is 0 Å². The van der Waals surface area contributed by atoms with Crippen LogP contribution in [0.2, 0.25) is 0 Å². The van der Waals surface area contributed by atoms with Crippen molar-refractivity contribution in [1.82, 2.24) is 4.72 Å². The van der Waals surface area contributed by atoms with Crippen LogP contribution < -0.4 is 4.72 Å². The van der Waals surface area contributed by atoms with Gasteiger partial charge in [0.15, 0.2) is 9.84 Å². The van der Waals surface area contributed by atoms with E-state index in [-0.39, 0.29) is 23.6 Å². The van der Waals surface area contributed by atoms with Crippen LogP contribution in [0.4, 0.5) is 0 Å². The van der Waals surface area contributed by atoms with E-state index in [9.17, 15) is 16.8 Å². The van der Waals surface area contributed by atoms with Crippen molar-refractivity contribution in [3.63, 3.8) is 0 Å². The second-order valence-corrected chi connectivity index (χ2v) is 14.8. The summed E-state index contributed by atoms with van der Waals surface area (Å²) < 4.78 is 51.5. The second kappa shape index (κ2) is 7.12. The zero-order chi connectivity index (χ0) is 19.1. The van der Waals surface area contributed by atoms with E-state index in [1.807, 2.05) is 0 Å². The quantitative estimate of drug-likeness (QED) is 0.720. The molecule has 2 rings (SSSR count). The van der Waals surface area contributed by atoms with Crippen LogP contribution in [0.3, 0.4) is 0 Å². The summed E-state index contributed by atoms with van der Waals surface area (Å²) in [6.45, 7) is 8.85. The summed E-state index contributed by atoms with van der Waals surface area (Å²) in [6.07, 6.45) is 6.20. The molecule has 0 aromatic heterocycles. The van der Waals surface area contributed by atoms with Gasteiger partial charge in [0.05, 0.1) is 15.2 Å². The Morgan fingerprint density at radius 1 is 0.880 bits per heavy atom. The fraction of sp³-hybridized carbons (Fsp3) is 1.00. The van der Waals surface area contributed by atoms with E-state index in [2.05, 4.69) is 4.72 Å². The molecule has 0 saturated heterocycles. The second-order valence-electron chi connectivity index (χ2n) is 9.65. The molecule has 0 spiro atoms. The van der Waals surface area contributed by atoms with Gasteiger partial charge in [-0.1, -0.05) is 12.8 Å². The highest BCUT2D eigenvalue weighted by Crippen LogP contribution is 2.38. The molecule has 0 aromatic carbocycles.